The largest absolute Gasteiger partial charge is 0.358 e. The van der Waals surface area contributed by atoms with E-state index < -0.39 is 10.0 Å². The van der Waals surface area contributed by atoms with Crippen molar-refractivity contribution in [3.05, 3.63) is 77.5 Å². The van der Waals surface area contributed by atoms with E-state index in [1.54, 1.807) is 16.4 Å². The van der Waals surface area contributed by atoms with Gasteiger partial charge < -0.3 is 4.98 Å². The first-order chi connectivity index (χ1) is 15.5. The molecule has 0 bridgehead atoms. The molecule has 2 heterocycles. The van der Waals surface area contributed by atoms with Crippen molar-refractivity contribution in [1.82, 2.24) is 9.29 Å². The number of hydrogen-bond acceptors (Lipinski definition) is 3. The van der Waals surface area contributed by atoms with Crippen molar-refractivity contribution in [2.75, 3.05) is 6.54 Å². The predicted molar refractivity (Wildman–Crippen MR) is 127 cm³/mol. The summed E-state index contributed by atoms with van der Waals surface area (Å²) in [7, 11) is -3.54. The SMILES string of the molecule is Cc1c(CC[C@@H]2CCCN2S(=O)(=O)c2ccc3ccccc3c2)[nH]c2cc(C#N)ccc12. The standard InChI is InChI=1S/C26H25N3O2S/c1-18-24-12-8-19(17-27)15-26(24)28-25(18)13-10-22-7-4-14-29(22)32(30,31)23-11-9-20-5-2-3-6-21(20)16-23/h2-3,5-6,8-9,11-12,15-16,22,28H,4,7,10,13-14H2,1H3/t22-/m0/s1. The highest BCUT2D eigenvalue weighted by atomic mass is 32.2. The van der Waals surface area contributed by atoms with Gasteiger partial charge in [-0.05, 0) is 73.2 Å². The smallest absolute Gasteiger partial charge is 0.243 e. The number of aryl methyl sites for hydroxylation is 2. The van der Waals surface area contributed by atoms with Gasteiger partial charge in [0.15, 0.2) is 0 Å². The third-order valence-corrected chi connectivity index (χ3v) is 8.62. The third kappa shape index (κ3) is 3.58. The van der Waals surface area contributed by atoms with Crippen LogP contribution in [0.2, 0.25) is 0 Å². The molecule has 4 aromatic rings. The van der Waals surface area contributed by atoms with E-state index in [0.717, 1.165) is 53.1 Å². The van der Waals surface area contributed by atoms with E-state index in [1.165, 1.54) is 5.56 Å². The number of sulfonamides is 1. The van der Waals surface area contributed by atoms with Crippen molar-refractivity contribution in [3.63, 3.8) is 0 Å². The highest BCUT2D eigenvalue weighted by molar-refractivity contribution is 7.89. The second kappa shape index (κ2) is 8.09. The van der Waals surface area contributed by atoms with Crippen LogP contribution in [0.4, 0.5) is 0 Å². The predicted octanol–water partition coefficient (Wildman–Crippen LogP) is 5.29. The van der Waals surface area contributed by atoms with Crippen LogP contribution in [0.5, 0.6) is 0 Å². The van der Waals surface area contributed by atoms with Crippen LogP contribution in [0.15, 0.2) is 65.6 Å². The molecule has 6 heteroatoms. The molecule has 1 aromatic heterocycles. The maximum absolute atomic E-state index is 13.5. The molecule has 0 aliphatic carbocycles. The Morgan fingerprint density at radius 2 is 1.91 bits per heavy atom. The maximum atomic E-state index is 13.5. The number of aromatic nitrogens is 1. The summed E-state index contributed by atoms with van der Waals surface area (Å²) in [5.74, 6) is 0. The van der Waals surface area contributed by atoms with Crippen molar-refractivity contribution >= 4 is 31.7 Å². The van der Waals surface area contributed by atoms with Crippen LogP contribution in [0, 0.1) is 18.3 Å². The Bertz CT molecular complexity index is 1460. The van der Waals surface area contributed by atoms with E-state index in [1.807, 2.05) is 48.5 Å². The molecule has 0 radical (unpaired) electrons. The number of H-pyrrole nitrogens is 1. The fourth-order valence-corrected chi connectivity index (χ4v) is 6.66. The number of benzene rings is 3. The molecule has 0 amide bonds. The van der Waals surface area contributed by atoms with Crippen molar-refractivity contribution < 1.29 is 8.42 Å². The molecule has 0 unspecified atom stereocenters. The summed E-state index contributed by atoms with van der Waals surface area (Å²) in [6, 6.07) is 21.1. The zero-order valence-corrected chi connectivity index (χ0v) is 18.8. The van der Waals surface area contributed by atoms with E-state index in [9.17, 15) is 8.42 Å². The summed E-state index contributed by atoms with van der Waals surface area (Å²) < 4.78 is 28.6. The van der Waals surface area contributed by atoms with Crippen molar-refractivity contribution in [1.29, 1.82) is 5.26 Å². The number of hydrogen-bond donors (Lipinski definition) is 1. The number of nitrogens with zero attached hydrogens (tertiary/aromatic N) is 2. The fraction of sp³-hybridized carbons (Fsp3) is 0.269. The van der Waals surface area contributed by atoms with E-state index in [4.69, 9.17) is 5.26 Å². The molecule has 32 heavy (non-hydrogen) atoms. The van der Waals surface area contributed by atoms with Crippen molar-refractivity contribution in [2.45, 2.75) is 43.5 Å². The van der Waals surface area contributed by atoms with Crippen LogP contribution < -0.4 is 0 Å². The minimum absolute atomic E-state index is 0.00745. The lowest BCUT2D eigenvalue weighted by molar-refractivity contribution is 0.370. The van der Waals surface area contributed by atoms with E-state index in [2.05, 4.69) is 18.0 Å². The summed E-state index contributed by atoms with van der Waals surface area (Å²) in [5, 5.41) is 12.2. The van der Waals surface area contributed by atoms with Crippen molar-refractivity contribution in [3.8, 4) is 6.07 Å². The molecule has 1 aliphatic heterocycles. The van der Waals surface area contributed by atoms with Crippen LogP contribution in [0.3, 0.4) is 0 Å². The first kappa shape index (κ1) is 20.7. The average molecular weight is 444 g/mol. The lowest BCUT2D eigenvalue weighted by Crippen LogP contribution is -2.35. The summed E-state index contributed by atoms with van der Waals surface area (Å²) in [6.07, 6.45) is 3.31. The molecular weight excluding hydrogens is 418 g/mol. The van der Waals surface area contributed by atoms with Crippen LogP contribution in [0.25, 0.3) is 21.7 Å². The maximum Gasteiger partial charge on any atom is 0.243 e. The number of nitrogens with one attached hydrogen (secondary N) is 1. The molecule has 1 fully saturated rings. The molecule has 1 N–H and O–H groups in total. The normalized spacial score (nSPS) is 17.2. The van der Waals surface area contributed by atoms with Crippen molar-refractivity contribution in [2.24, 2.45) is 0 Å². The molecule has 3 aromatic carbocycles. The summed E-state index contributed by atoms with van der Waals surface area (Å²) in [4.78, 5) is 3.82. The van der Waals surface area contributed by atoms with Gasteiger partial charge in [-0.1, -0.05) is 36.4 Å². The Morgan fingerprint density at radius 1 is 1.09 bits per heavy atom. The second-order valence-corrected chi connectivity index (χ2v) is 10.5. The van der Waals surface area contributed by atoms with E-state index >= 15 is 0 Å². The lowest BCUT2D eigenvalue weighted by atomic mass is 10.0. The molecular formula is C26H25N3O2S. The van der Waals surface area contributed by atoms with Gasteiger partial charge in [-0.2, -0.15) is 9.57 Å². The zero-order chi connectivity index (χ0) is 22.3. The topological polar surface area (TPSA) is 77.0 Å². The van der Waals surface area contributed by atoms with Crippen LogP contribution in [-0.2, 0) is 16.4 Å². The van der Waals surface area contributed by atoms with Gasteiger partial charge in [-0.15, -0.1) is 0 Å². The molecule has 5 nitrogen and oxygen atoms in total. The Kier molecular flexibility index (Phi) is 5.24. The number of rotatable bonds is 5. The molecule has 5 rings (SSSR count). The number of fused-ring (bicyclic) bond motifs is 2. The van der Waals surface area contributed by atoms with E-state index in [0.29, 0.717) is 17.0 Å². The lowest BCUT2D eigenvalue weighted by Gasteiger charge is -2.24. The quantitative estimate of drug-likeness (QED) is 0.455. The minimum Gasteiger partial charge on any atom is -0.358 e. The summed E-state index contributed by atoms with van der Waals surface area (Å²) in [6.45, 7) is 2.65. The van der Waals surface area contributed by atoms with Gasteiger partial charge in [0, 0.05) is 29.2 Å². The minimum atomic E-state index is -3.54. The highest BCUT2D eigenvalue weighted by Gasteiger charge is 2.35. The molecule has 1 aliphatic rings. The number of aromatic amines is 1. The number of nitriles is 1. The van der Waals surface area contributed by atoms with E-state index in [-0.39, 0.29) is 6.04 Å². The Labute approximate surface area is 188 Å². The van der Waals surface area contributed by atoms with Gasteiger partial charge in [0.2, 0.25) is 10.0 Å². The van der Waals surface area contributed by atoms with Crippen LogP contribution >= 0.6 is 0 Å². The fourth-order valence-electron chi connectivity index (χ4n) is 4.90. The first-order valence-corrected chi connectivity index (χ1v) is 12.4. The van der Waals surface area contributed by atoms with Crippen LogP contribution in [0.1, 0.15) is 36.1 Å². The zero-order valence-electron chi connectivity index (χ0n) is 18.0. The summed E-state index contributed by atoms with van der Waals surface area (Å²) >= 11 is 0. The second-order valence-electron chi connectivity index (χ2n) is 8.56. The van der Waals surface area contributed by atoms with Crippen LogP contribution in [-0.4, -0.2) is 30.3 Å². The van der Waals surface area contributed by atoms with Gasteiger partial charge in [-0.3, -0.25) is 0 Å². The third-order valence-electron chi connectivity index (χ3n) is 6.67. The van der Waals surface area contributed by atoms with Gasteiger partial charge >= 0.3 is 0 Å². The molecule has 1 atom stereocenters. The van der Waals surface area contributed by atoms with Gasteiger partial charge in [0.25, 0.3) is 0 Å². The first-order valence-electron chi connectivity index (χ1n) is 11.0. The summed E-state index contributed by atoms with van der Waals surface area (Å²) in [5.41, 5.74) is 3.88. The molecule has 1 saturated heterocycles. The monoisotopic (exact) mass is 443 g/mol. The average Bonchev–Trinajstić information content (AvgIpc) is 3.41. The Balaban J connectivity index is 1.38. The Morgan fingerprint density at radius 3 is 2.72 bits per heavy atom. The van der Waals surface area contributed by atoms with Gasteiger partial charge in [0.05, 0.1) is 16.5 Å². The highest BCUT2D eigenvalue weighted by Crippen LogP contribution is 2.31. The molecule has 0 saturated carbocycles. The Hall–Kier alpha value is -3.14. The molecule has 0 spiro atoms. The molecule has 162 valence electrons. The van der Waals surface area contributed by atoms with Gasteiger partial charge in [-0.25, -0.2) is 8.42 Å². The van der Waals surface area contributed by atoms with Gasteiger partial charge in [0.1, 0.15) is 0 Å².